The van der Waals surface area contributed by atoms with E-state index in [-0.39, 0.29) is 6.61 Å². The Hall–Kier alpha value is -1.26. The van der Waals surface area contributed by atoms with Gasteiger partial charge in [0, 0.05) is 13.1 Å². The summed E-state index contributed by atoms with van der Waals surface area (Å²) in [5.74, 6) is 1.63. The molecule has 0 unspecified atom stereocenters. The molecule has 1 N–H and O–H groups in total. The Morgan fingerprint density at radius 3 is 2.88 bits per heavy atom. The quantitative estimate of drug-likeness (QED) is 0.815. The normalized spacial score (nSPS) is 13.4. The standard InChI is InChI=1S/C12H17NO3/c1-2-13(5-6-14)8-10-3-4-11-12(7-10)16-9-15-11/h3-4,7,14H,2,5-6,8-9H2,1H3. The van der Waals surface area contributed by atoms with E-state index in [1.807, 2.05) is 18.2 Å². The van der Waals surface area contributed by atoms with Crippen LogP contribution in [0, 0.1) is 0 Å². The summed E-state index contributed by atoms with van der Waals surface area (Å²) in [6.07, 6.45) is 0. The molecule has 0 aromatic heterocycles. The number of rotatable bonds is 5. The zero-order valence-corrected chi connectivity index (χ0v) is 9.48. The number of nitrogens with zero attached hydrogens (tertiary/aromatic N) is 1. The Morgan fingerprint density at radius 2 is 2.12 bits per heavy atom. The molecule has 1 aliphatic heterocycles. The first-order chi connectivity index (χ1) is 7.83. The molecule has 0 atom stereocenters. The molecule has 1 heterocycles. The third-order valence-electron chi connectivity index (χ3n) is 2.71. The molecule has 0 bridgehead atoms. The molecule has 0 amide bonds. The molecule has 88 valence electrons. The van der Waals surface area contributed by atoms with Crippen LogP contribution in [0.4, 0.5) is 0 Å². The Balaban J connectivity index is 2.04. The molecule has 4 heteroatoms. The smallest absolute Gasteiger partial charge is 0.231 e. The molecular weight excluding hydrogens is 206 g/mol. The van der Waals surface area contributed by atoms with Gasteiger partial charge in [-0.2, -0.15) is 0 Å². The van der Waals surface area contributed by atoms with Gasteiger partial charge in [-0.05, 0) is 24.2 Å². The summed E-state index contributed by atoms with van der Waals surface area (Å²) in [6, 6.07) is 5.97. The fourth-order valence-corrected chi connectivity index (χ4v) is 1.79. The fourth-order valence-electron chi connectivity index (χ4n) is 1.79. The first-order valence-electron chi connectivity index (χ1n) is 5.55. The van der Waals surface area contributed by atoms with Crippen molar-refractivity contribution in [2.45, 2.75) is 13.5 Å². The average molecular weight is 223 g/mol. The minimum absolute atomic E-state index is 0.193. The van der Waals surface area contributed by atoms with Crippen LogP contribution in [0.5, 0.6) is 11.5 Å². The number of hydrogen-bond donors (Lipinski definition) is 1. The molecule has 0 aliphatic carbocycles. The van der Waals surface area contributed by atoms with Gasteiger partial charge in [0.15, 0.2) is 11.5 Å². The maximum absolute atomic E-state index is 8.91. The van der Waals surface area contributed by atoms with Crippen molar-refractivity contribution in [3.05, 3.63) is 23.8 Å². The molecule has 0 radical (unpaired) electrons. The number of benzene rings is 1. The van der Waals surface area contributed by atoms with Crippen molar-refractivity contribution < 1.29 is 14.6 Å². The minimum Gasteiger partial charge on any atom is -0.454 e. The molecule has 1 aromatic rings. The van der Waals surface area contributed by atoms with Crippen LogP contribution in [-0.2, 0) is 6.54 Å². The fraction of sp³-hybridized carbons (Fsp3) is 0.500. The SMILES string of the molecule is CCN(CCO)Cc1ccc2c(c1)OCO2. The van der Waals surface area contributed by atoms with Gasteiger partial charge in [0.2, 0.25) is 6.79 Å². The summed E-state index contributed by atoms with van der Waals surface area (Å²) < 4.78 is 10.6. The first-order valence-corrected chi connectivity index (χ1v) is 5.55. The van der Waals surface area contributed by atoms with Crippen molar-refractivity contribution in [2.24, 2.45) is 0 Å². The van der Waals surface area contributed by atoms with Gasteiger partial charge < -0.3 is 14.6 Å². The second-order valence-corrected chi connectivity index (χ2v) is 3.78. The summed E-state index contributed by atoms with van der Waals surface area (Å²) >= 11 is 0. The molecule has 0 fully saturated rings. The van der Waals surface area contributed by atoms with Crippen molar-refractivity contribution in [3.8, 4) is 11.5 Å². The van der Waals surface area contributed by atoms with Crippen LogP contribution in [0.15, 0.2) is 18.2 Å². The van der Waals surface area contributed by atoms with E-state index in [4.69, 9.17) is 14.6 Å². The van der Waals surface area contributed by atoms with Gasteiger partial charge in [-0.15, -0.1) is 0 Å². The maximum atomic E-state index is 8.91. The zero-order chi connectivity index (χ0) is 11.4. The van der Waals surface area contributed by atoms with Crippen molar-refractivity contribution in [2.75, 3.05) is 26.5 Å². The summed E-state index contributed by atoms with van der Waals surface area (Å²) in [5.41, 5.74) is 1.18. The van der Waals surface area contributed by atoms with E-state index in [0.29, 0.717) is 13.3 Å². The van der Waals surface area contributed by atoms with Crippen LogP contribution in [0.1, 0.15) is 12.5 Å². The predicted octanol–water partition coefficient (Wildman–Crippen LogP) is 1.23. The second-order valence-electron chi connectivity index (χ2n) is 3.78. The van der Waals surface area contributed by atoms with Crippen LogP contribution < -0.4 is 9.47 Å². The number of fused-ring (bicyclic) bond motifs is 1. The summed E-state index contributed by atoms with van der Waals surface area (Å²) in [7, 11) is 0. The number of aliphatic hydroxyl groups is 1. The third kappa shape index (κ3) is 2.46. The third-order valence-corrected chi connectivity index (χ3v) is 2.71. The van der Waals surface area contributed by atoms with Crippen molar-refractivity contribution >= 4 is 0 Å². The van der Waals surface area contributed by atoms with Gasteiger partial charge >= 0.3 is 0 Å². The van der Waals surface area contributed by atoms with E-state index < -0.39 is 0 Å². The highest BCUT2D eigenvalue weighted by molar-refractivity contribution is 5.44. The highest BCUT2D eigenvalue weighted by atomic mass is 16.7. The lowest BCUT2D eigenvalue weighted by Gasteiger charge is -2.19. The Morgan fingerprint density at radius 1 is 1.31 bits per heavy atom. The monoisotopic (exact) mass is 223 g/mol. The average Bonchev–Trinajstić information content (AvgIpc) is 2.75. The highest BCUT2D eigenvalue weighted by Gasteiger charge is 2.13. The topological polar surface area (TPSA) is 41.9 Å². The number of aliphatic hydroxyl groups excluding tert-OH is 1. The van der Waals surface area contributed by atoms with Gasteiger partial charge in [0.25, 0.3) is 0 Å². The summed E-state index contributed by atoms with van der Waals surface area (Å²) in [6.45, 7) is 5.04. The zero-order valence-electron chi connectivity index (χ0n) is 9.48. The minimum atomic E-state index is 0.193. The van der Waals surface area contributed by atoms with Crippen LogP contribution in [0.25, 0.3) is 0 Å². The molecule has 0 saturated carbocycles. The molecule has 4 nitrogen and oxygen atoms in total. The van der Waals surface area contributed by atoms with Crippen LogP contribution in [0.3, 0.4) is 0 Å². The van der Waals surface area contributed by atoms with E-state index >= 15 is 0 Å². The van der Waals surface area contributed by atoms with Crippen molar-refractivity contribution in [1.82, 2.24) is 4.90 Å². The van der Waals surface area contributed by atoms with E-state index in [1.54, 1.807) is 0 Å². The lowest BCUT2D eigenvalue weighted by Crippen LogP contribution is -2.25. The molecule has 1 aromatic carbocycles. The molecular formula is C12H17NO3. The van der Waals surface area contributed by atoms with Gasteiger partial charge in [-0.1, -0.05) is 13.0 Å². The molecule has 0 spiro atoms. The number of ether oxygens (including phenoxy) is 2. The largest absolute Gasteiger partial charge is 0.454 e. The Bertz CT molecular complexity index is 354. The molecule has 2 rings (SSSR count). The lowest BCUT2D eigenvalue weighted by molar-refractivity contribution is 0.173. The molecule has 1 aliphatic rings. The van der Waals surface area contributed by atoms with E-state index in [0.717, 1.165) is 24.6 Å². The van der Waals surface area contributed by atoms with E-state index in [9.17, 15) is 0 Å². The van der Waals surface area contributed by atoms with Crippen LogP contribution in [0.2, 0.25) is 0 Å². The summed E-state index contributed by atoms with van der Waals surface area (Å²) in [4.78, 5) is 2.18. The van der Waals surface area contributed by atoms with Crippen molar-refractivity contribution in [3.63, 3.8) is 0 Å². The first kappa shape index (κ1) is 11.2. The Labute approximate surface area is 95.4 Å². The van der Waals surface area contributed by atoms with Gasteiger partial charge in [-0.3, -0.25) is 4.90 Å². The van der Waals surface area contributed by atoms with Crippen LogP contribution >= 0.6 is 0 Å². The number of hydrogen-bond acceptors (Lipinski definition) is 4. The highest BCUT2D eigenvalue weighted by Crippen LogP contribution is 2.32. The number of likely N-dealkylation sites (N-methyl/N-ethyl adjacent to an activating group) is 1. The van der Waals surface area contributed by atoms with Crippen LogP contribution in [-0.4, -0.2) is 36.5 Å². The second kappa shape index (κ2) is 5.18. The summed E-state index contributed by atoms with van der Waals surface area (Å²) in [5, 5.41) is 8.91. The van der Waals surface area contributed by atoms with Crippen molar-refractivity contribution in [1.29, 1.82) is 0 Å². The Kier molecular flexibility index (Phi) is 3.64. The molecule has 16 heavy (non-hydrogen) atoms. The van der Waals surface area contributed by atoms with Gasteiger partial charge in [0.05, 0.1) is 6.61 Å². The van der Waals surface area contributed by atoms with Gasteiger partial charge in [0.1, 0.15) is 0 Å². The van der Waals surface area contributed by atoms with Gasteiger partial charge in [-0.25, -0.2) is 0 Å². The maximum Gasteiger partial charge on any atom is 0.231 e. The predicted molar refractivity (Wildman–Crippen MR) is 60.6 cm³/mol. The van der Waals surface area contributed by atoms with E-state index in [2.05, 4.69) is 11.8 Å². The van der Waals surface area contributed by atoms with E-state index in [1.165, 1.54) is 5.56 Å². The lowest BCUT2D eigenvalue weighted by atomic mass is 10.2. The molecule has 0 saturated heterocycles.